The van der Waals surface area contributed by atoms with Crippen molar-refractivity contribution in [3.05, 3.63) is 128 Å². The molecule has 9 nitrogen and oxygen atoms in total. The second-order valence-electron chi connectivity index (χ2n) is 8.67. The third-order valence-electron chi connectivity index (χ3n) is 5.70. The number of ether oxygens (including phenoxy) is 2. The molecule has 218 valence electrons. The predicted molar refractivity (Wildman–Crippen MR) is 166 cm³/mol. The maximum absolute atomic E-state index is 12.7. The molecule has 2 amide bonds. The van der Waals surface area contributed by atoms with Gasteiger partial charge >= 0.3 is 8.25 Å². The molecule has 0 heterocycles. The number of carbonyl (C=O) groups is 2. The van der Waals surface area contributed by atoms with E-state index in [0.29, 0.717) is 11.5 Å². The molecule has 0 bridgehead atoms. The van der Waals surface area contributed by atoms with E-state index >= 15 is 0 Å². The highest BCUT2D eigenvalue weighted by molar-refractivity contribution is 9.10. The Bertz CT molecular complexity index is 1410. The van der Waals surface area contributed by atoms with Crippen molar-refractivity contribution in [2.24, 2.45) is 0 Å². The summed E-state index contributed by atoms with van der Waals surface area (Å²) in [6.45, 7) is -0.184. The monoisotopic (exact) mass is 716 g/mol. The van der Waals surface area contributed by atoms with Crippen LogP contribution in [0.15, 0.2) is 106 Å². The van der Waals surface area contributed by atoms with E-state index in [9.17, 15) is 14.2 Å². The molecule has 0 unspecified atom stereocenters. The van der Waals surface area contributed by atoms with E-state index in [4.69, 9.17) is 18.5 Å². The summed E-state index contributed by atoms with van der Waals surface area (Å²) in [4.78, 5) is 25.5. The fourth-order valence-corrected chi connectivity index (χ4v) is 4.77. The summed E-state index contributed by atoms with van der Waals surface area (Å²) in [6.07, 6.45) is 0. The van der Waals surface area contributed by atoms with Crippen LogP contribution in [0, 0.1) is 0 Å². The average Bonchev–Trinajstić information content (AvgIpc) is 3.00. The summed E-state index contributed by atoms with van der Waals surface area (Å²) >= 11 is 6.78. The van der Waals surface area contributed by atoms with Gasteiger partial charge in [-0.05, 0) is 47.5 Å². The number of hydrogen-bond donors (Lipinski definition) is 2. The van der Waals surface area contributed by atoms with Crippen molar-refractivity contribution in [2.75, 3.05) is 13.5 Å². The minimum atomic E-state index is -3.03. The van der Waals surface area contributed by atoms with Crippen LogP contribution in [0.3, 0.4) is 0 Å². The SMILES string of the molecule is O=C(NCO[PH](=O)OCNC(=O)c1ccc(Br)cc1OCc1ccccc1)c1ccc(Br)cc1OCc1ccccc1. The van der Waals surface area contributed by atoms with Gasteiger partial charge in [-0.15, -0.1) is 0 Å². The minimum Gasteiger partial charge on any atom is -0.488 e. The van der Waals surface area contributed by atoms with Gasteiger partial charge in [-0.2, -0.15) is 0 Å². The van der Waals surface area contributed by atoms with Crippen LogP contribution in [-0.4, -0.2) is 25.3 Å². The molecule has 0 fully saturated rings. The molecule has 4 aromatic carbocycles. The maximum atomic E-state index is 12.7. The van der Waals surface area contributed by atoms with Crippen molar-refractivity contribution in [3.63, 3.8) is 0 Å². The molecule has 0 aromatic heterocycles. The molecule has 0 saturated heterocycles. The van der Waals surface area contributed by atoms with Gasteiger partial charge in [0.15, 0.2) is 0 Å². The van der Waals surface area contributed by atoms with E-state index < -0.39 is 20.1 Å². The lowest BCUT2D eigenvalue weighted by molar-refractivity contribution is 0.0898. The molecular weight excluding hydrogens is 691 g/mol. The number of nitrogens with one attached hydrogen (secondary N) is 2. The Morgan fingerprint density at radius 1 is 0.619 bits per heavy atom. The Hall–Kier alpha value is -3.47. The van der Waals surface area contributed by atoms with E-state index in [-0.39, 0.29) is 37.8 Å². The lowest BCUT2D eigenvalue weighted by Crippen LogP contribution is -2.27. The van der Waals surface area contributed by atoms with Crippen molar-refractivity contribution >= 4 is 51.9 Å². The minimum absolute atomic E-state index is 0.280. The van der Waals surface area contributed by atoms with Crippen LogP contribution in [0.2, 0.25) is 0 Å². The zero-order valence-electron chi connectivity index (χ0n) is 22.2. The Morgan fingerprint density at radius 3 is 1.43 bits per heavy atom. The Kier molecular flexibility index (Phi) is 12.2. The fourth-order valence-electron chi connectivity index (χ4n) is 3.63. The highest BCUT2D eigenvalue weighted by Crippen LogP contribution is 2.27. The molecule has 2 N–H and O–H groups in total. The van der Waals surface area contributed by atoms with E-state index in [1.165, 1.54) is 0 Å². The average molecular weight is 718 g/mol. The molecule has 0 aliphatic rings. The highest BCUT2D eigenvalue weighted by atomic mass is 79.9. The van der Waals surface area contributed by atoms with E-state index in [1.54, 1.807) is 36.4 Å². The second kappa shape index (κ2) is 16.2. The smallest absolute Gasteiger partial charge is 0.322 e. The molecular formula is C30H27Br2N2O7P. The summed E-state index contributed by atoms with van der Waals surface area (Å²) < 4.78 is 35.6. The normalized spacial score (nSPS) is 10.7. The second-order valence-corrected chi connectivity index (χ2v) is 11.6. The lowest BCUT2D eigenvalue weighted by atomic mass is 10.2. The standard InChI is InChI=1S/C30H27Br2N2O7P/c31-23-11-13-25(27(15-23)38-17-21-7-3-1-4-8-21)29(35)33-19-40-42(37)41-20-34-30(36)26-14-12-24(32)16-28(26)39-18-22-9-5-2-6-10-22/h1-16,42H,17-20H2,(H,33,35)(H,34,36). The van der Waals surface area contributed by atoms with Crippen molar-refractivity contribution < 1.29 is 32.7 Å². The van der Waals surface area contributed by atoms with Gasteiger partial charge in [0.05, 0.1) is 11.1 Å². The van der Waals surface area contributed by atoms with Crippen molar-refractivity contribution in [1.29, 1.82) is 0 Å². The third kappa shape index (κ3) is 9.82. The summed E-state index contributed by atoms with van der Waals surface area (Å²) in [5, 5.41) is 5.07. The zero-order valence-corrected chi connectivity index (χ0v) is 26.4. The van der Waals surface area contributed by atoms with Gasteiger partial charge in [0, 0.05) is 8.95 Å². The first-order valence-electron chi connectivity index (χ1n) is 12.7. The summed E-state index contributed by atoms with van der Waals surface area (Å²) in [6, 6.07) is 29.1. The molecule has 0 spiro atoms. The molecule has 12 heteroatoms. The molecule has 42 heavy (non-hydrogen) atoms. The van der Waals surface area contributed by atoms with E-state index in [0.717, 1.165) is 20.1 Å². The van der Waals surface area contributed by atoms with Crippen LogP contribution >= 0.6 is 40.1 Å². The number of hydrogen-bond acceptors (Lipinski definition) is 7. The molecule has 4 aromatic rings. The molecule has 4 rings (SSSR count). The summed E-state index contributed by atoms with van der Waals surface area (Å²) in [5.41, 5.74) is 2.47. The van der Waals surface area contributed by atoms with Gasteiger partial charge in [0.25, 0.3) is 11.8 Å². The van der Waals surface area contributed by atoms with Crippen molar-refractivity contribution in [2.45, 2.75) is 13.2 Å². The lowest BCUT2D eigenvalue weighted by Gasteiger charge is -2.13. The van der Waals surface area contributed by atoms with Crippen LogP contribution in [0.1, 0.15) is 31.8 Å². The Balaban J connectivity index is 1.22. The number of carbonyl (C=O) groups excluding carboxylic acids is 2. The van der Waals surface area contributed by atoms with Crippen LogP contribution < -0.4 is 20.1 Å². The highest BCUT2D eigenvalue weighted by Gasteiger charge is 2.16. The molecule has 0 radical (unpaired) electrons. The van der Waals surface area contributed by atoms with Crippen molar-refractivity contribution in [1.82, 2.24) is 10.6 Å². The molecule has 0 atom stereocenters. The number of amides is 2. The molecule has 0 aliphatic carbocycles. The quantitative estimate of drug-likeness (QED) is 0.108. The first-order chi connectivity index (χ1) is 20.4. The van der Waals surface area contributed by atoms with Crippen LogP contribution in [0.5, 0.6) is 11.5 Å². The largest absolute Gasteiger partial charge is 0.488 e. The first kappa shape index (κ1) is 31.5. The van der Waals surface area contributed by atoms with Crippen molar-refractivity contribution in [3.8, 4) is 11.5 Å². The number of halogens is 2. The molecule has 0 aliphatic heterocycles. The number of rotatable bonds is 14. The molecule has 0 saturated carbocycles. The van der Waals surface area contributed by atoms with Gasteiger partial charge in [-0.3, -0.25) is 23.2 Å². The van der Waals surface area contributed by atoms with Crippen LogP contribution in [0.25, 0.3) is 0 Å². The fraction of sp³-hybridized carbons (Fsp3) is 0.133. The summed E-state index contributed by atoms with van der Waals surface area (Å²) in [5.74, 6) is -0.214. The maximum Gasteiger partial charge on any atom is 0.322 e. The first-order valence-corrected chi connectivity index (χ1v) is 15.5. The predicted octanol–water partition coefficient (Wildman–Crippen LogP) is 6.87. The van der Waals surface area contributed by atoms with E-state index in [1.807, 2.05) is 60.7 Å². The number of benzene rings is 4. The Labute approximate surface area is 260 Å². The zero-order chi connectivity index (χ0) is 29.7. The van der Waals surface area contributed by atoms with Gasteiger partial charge < -0.3 is 20.1 Å². The van der Waals surface area contributed by atoms with E-state index in [2.05, 4.69) is 42.5 Å². The van der Waals surface area contributed by atoms with Crippen LogP contribution in [-0.2, 0) is 26.8 Å². The Morgan fingerprint density at radius 2 is 1.02 bits per heavy atom. The van der Waals surface area contributed by atoms with Gasteiger partial charge in [-0.25, -0.2) is 0 Å². The van der Waals surface area contributed by atoms with Gasteiger partial charge in [-0.1, -0.05) is 92.5 Å². The topological polar surface area (TPSA) is 112 Å². The van der Waals surface area contributed by atoms with Gasteiger partial charge in [0.2, 0.25) is 0 Å². The third-order valence-corrected chi connectivity index (χ3v) is 7.44. The van der Waals surface area contributed by atoms with Gasteiger partial charge in [0.1, 0.15) is 38.2 Å². The van der Waals surface area contributed by atoms with Crippen LogP contribution in [0.4, 0.5) is 0 Å². The summed E-state index contributed by atoms with van der Waals surface area (Å²) in [7, 11) is -3.03.